The Morgan fingerprint density at radius 2 is 1.93 bits per heavy atom. The molecule has 3 amide bonds. The average Bonchev–Trinajstić information content (AvgIpc) is 3.15. The van der Waals surface area contributed by atoms with Crippen LogP contribution in [-0.4, -0.2) is 38.2 Å². The fraction of sp³-hybridized carbons (Fsp3) is 0.364. The van der Waals surface area contributed by atoms with E-state index in [0.717, 1.165) is 29.7 Å². The highest BCUT2D eigenvalue weighted by Crippen LogP contribution is 2.30. The van der Waals surface area contributed by atoms with Crippen LogP contribution in [0.25, 0.3) is 0 Å². The molecule has 2 aromatic carbocycles. The smallest absolute Gasteiger partial charge is 0.315 e. The standard InChI is InChI=1S/C22H27N3O3/c1-2-28-14-6-12-23-22(27)24-16-17-9-10-20-19(15-17)11-13-25(20)21(26)18-7-4-3-5-8-18/h3-5,7-10,15H,2,6,11-14,16H2,1H3,(H2,23,24,27). The van der Waals surface area contributed by atoms with Crippen molar-refractivity contribution in [3.8, 4) is 0 Å². The van der Waals surface area contributed by atoms with Crippen molar-refractivity contribution in [1.29, 1.82) is 0 Å². The van der Waals surface area contributed by atoms with Crippen LogP contribution >= 0.6 is 0 Å². The minimum absolute atomic E-state index is 0.0247. The number of fused-ring (bicyclic) bond motifs is 1. The largest absolute Gasteiger partial charge is 0.382 e. The molecule has 148 valence electrons. The summed E-state index contributed by atoms with van der Waals surface area (Å²) < 4.78 is 5.24. The zero-order valence-electron chi connectivity index (χ0n) is 16.2. The van der Waals surface area contributed by atoms with E-state index in [0.29, 0.717) is 38.4 Å². The molecule has 0 unspecified atom stereocenters. The van der Waals surface area contributed by atoms with E-state index in [1.165, 1.54) is 0 Å². The molecule has 0 bridgehead atoms. The highest BCUT2D eigenvalue weighted by Gasteiger charge is 2.25. The molecular weight excluding hydrogens is 354 g/mol. The van der Waals surface area contributed by atoms with Gasteiger partial charge in [-0.15, -0.1) is 0 Å². The molecule has 1 heterocycles. The van der Waals surface area contributed by atoms with E-state index < -0.39 is 0 Å². The first-order valence-corrected chi connectivity index (χ1v) is 9.77. The first-order valence-electron chi connectivity index (χ1n) is 9.77. The van der Waals surface area contributed by atoms with Crippen molar-refractivity contribution in [2.45, 2.75) is 26.3 Å². The van der Waals surface area contributed by atoms with E-state index in [1.807, 2.05) is 54.3 Å². The summed E-state index contributed by atoms with van der Waals surface area (Å²) in [5.74, 6) is 0.0247. The maximum atomic E-state index is 12.7. The van der Waals surface area contributed by atoms with Gasteiger partial charge in [0.05, 0.1) is 0 Å². The molecule has 0 spiro atoms. The van der Waals surface area contributed by atoms with Gasteiger partial charge in [-0.1, -0.05) is 30.3 Å². The van der Waals surface area contributed by atoms with Crippen LogP contribution in [0, 0.1) is 0 Å². The van der Waals surface area contributed by atoms with Crippen LogP contribution < -0.4 is 15.5 Å². The van der Waals surface area contributed by atoms with E-state index in [9.17, 15) is 9.59 Å². The van der Waals surface area contributed by atoms with Gasteiger partial charge in [-0.05, 0) is 49.1 Å². The van der Waals surface area contributed by atoms with E-state index in [2.05, 4.69) is 16.7 Å². The monoisotopic (exact) mass is 381 g/mol. The van der Waals surface area contributed by atoms with E-state index in [-0.39, 0.29) is 11.9 Å². The number of benzene rings is 2. The van der Waals surface area contributed by atoms with Crippen LogP contribution in [0.3, 0.4) is 0 Å². The van der Waals surface area contributed by atoms with Gasteiger partial charge in [0.1, 0.15) is 0 Å². The predicted octanol–water partition coefficient (Wildman–Crippen LogP) is 3.12. The number of urea groups is 1. The van der Waals surface area contributed by atoms with Crippen molar-refractivity contribution >= 4 is 17.6 Å². The molecule has 28 heavy (non-hydrogen) atoms. The molecule has 1 aliphatic rings. The lowest BCUT2D eigenvalue weighted by atomic mass is 10.1. The number of carbonyl (C=O) groups is 2. The lowest BCUT2D eigenvalue weighted by Crippen LogP contribution is -2.35. The van der Waals surface area contributed by atoms with Gasteiger partial charge in [-0.2, -0.15) is 0 Å². The number of carbonyl (C=O) groups excluding carboxylic acids is 2. The third-order valence-electron chi connectivity index (χ3n) is 4.71. The first kappa shape index (κ1) is 19.9. The van der Waals surface area contributed by atoms with Gasteiger partial charge in [0.2, 0.25) is 0 Å². The van der Waals surface area contributed by atoms with E-state index in [1.54, 1.807) is 0 Å². The van der Waals surface area contributed by atoms with Crippen LogP contribution in [-0.2, 0) is 17.7 Å². The first-order chi connectivity index (χ1) is 13.7. The number of anilines is 1. The number of ether oxygens (including phenoxy) is 1. The molecule has 2 aromatic rings. The molecule has 0 aromatic heterocycles. The van der Waals surface area contributed by atoms with Crippen LogP contribution in [0.5, 0.6) is 0 Å². The summed E-state index contributed by atoms with van der Waals surface area (Å²) in [7, 11) is 0. The second-order valence-corrected chi connectivity index (χ2v) is 6.70. The number of nitrogens with one attached hydrogen (secondary N) is 2. The summed E-state index contributed by atoms with van der Waals surface area (Å²) in [6, 6.07) is 15.2. The molecule has 3 rings (SSSR count). The Labute approximate surface area is 165 Å². The highest BCUT2D eigenvalue weighted by molar-refractivity contribution is 6.07. The Morgan fingerprint density at radius 1 is 1.11 bits per heavy atom. The molecule has 6 heteroatoms. The topological polar surface area (TPSA) is 70.7 Å². The number of amides is 3. The third-order valence-corrected chi connectivity index (χ3v) is 4.71. The lowest BCUT2D eigenvalue weighted by molar-refractivity contribution is 0.0989. The molecular formula is C22H27N3O3. The zero-order chi connectivity index (χ0) is 19.8. The fourth-order valence-electron chi connectivity index (χ4n) is 3.28. The van der Waals surface area contributed by atoms with Crippen LogP contribution in [0.1, 0.15) is 34.8 Å². The highest BCUT2D eigenvalue weighted by atomic mass is 16.5. The summed E-state index contributed by atoms with van der Waals surface area (Å²) in [6.07, 6.45) is 1.62. The molecule has 0 saturated carbocycles. The van der Waals surface area contributed by atoms with Crippen LogP contribution in [0.4, 0.5) is 10.5 Å². The van der Waals surface area contributed by atoms with Gasteiger partial charge in [0.25, 0.3) is 5.91 Å². The zero-order valence-corrected chi connectivity index (χ0v) is 16.2. The molecule has 0 radical (unpaired) electrons. The van der Waals surface area contributed by atoms with Crippen molar-refractivity contribution in [3.63, 3.8) is 0 Å². The maximum absolute atomic E-state index is 12.7. The molecule has 1 aliphatic heterocycles. The van der Waals surface area contributed by atoms with Crippen LogP contribution in [0.15, 0.2) is 48.5 Å². The summed E-state index contributed by atoms with van der Waals surface area (Å²) >= 11 is 0. The Bertz CT molecular complexity index is 808. The molecule has 0 saturated heterocycles. The quantitative estimate of drug-likeness (QED) is 0.690. The Morgan fingerprint density at radius 3 is 2.71 bits per heavy atom. The summed E-state index contributed by atoms with van der Waals surface area (Å²) in [5, 5.41) is 5.69. The van der Waals surface area contributed by atoms with E-state index in [4.69, 9.17) is 4.74 Å². The van der Waals surface area contributed by atoms with Crippen molar-refractivity contribution in [2.75, 3.05) is 31.2 Å². The Kier molecular flexibility index (Phi) is 7.03. The minimum atomic E-state index is -0.183. The Balaban J connectivity index is 1.52. The Hall–Kier alpha value is -2.86. The van der Waals surface area contributed by atoms with Gasteiger partial charge in [0, 0.05) is 44.1 Å². The fourth-order valence-corrected chi connectivity index (χ4v) is 3.28. The summed E-state index contributed by atoms with van der Waals surface area (Å²) in [6.45, 7) is 5.02. The molecule has 0 fully saturated rings. The third kappa shape index (κ3) is 5.10. The number of hydrogen-bond acceptors (Lipinski definition) is 3. The lowest BCUT2D eigenvalue weighted by Gasteiger charge is -2.17. The minimum Gasteiger partial charge on any atom is -0.382 e. The average molecular weight is 381 g/mol. The summed E-state index contributed by atoms with van der Waals surface area (Å²) in [4.78, 5) is 26.4. The van der Waals surface area contributed by atoms with Crippen molar-refractivity contribution < 1.29 is 14.3 Å². The summed E-state index contributed by atoms with van der Waals surface area (Å²) in [5.41, 5.74) is 3.82. The maximum Gasteiger partial charge on any atom is 0.315 e. The van der Waals surface area contributed by atoms with Crippen LogP contribution in [0.2, 0.25) is 0 Å². The van der Waals surface area contributed by atoms with Crippen molar-refractivity contribution in [2.24, 2.45) is 0 Å². The number of rotatable bonds is 8. The molecule has 2 N–H and O–H groups in total. The second-order valence-electron chi connectivity index (χ2n) is 6.70. The van der Waals surface area contributed by atoms with Gasteiger partial charge < -0.3 is 20.3 Å². The predicted molar refractivity (Wildman–Crippen MR) is 110 cm³/mol. The molecule has 6 nitrogen and oxygen atoms in total. The molecule has 0 atom stereocenters. The van der Waals surface area contributed by atoms with Gasteiger partial charge >= 0.3 is 6.03 Å². The molecule has 0 aliphatic carbocycles. The van der Waals surface area contributed by atoms with Gasteiger partial charge in [-0.25, -0.2) is 4.79 Å². The van der Waals surface area contributed by atoms with Crippen molar-refractivity contribution in [3.05, 3.63) is 65.2 Å². The van der Waals surface area contributed by atoms with Crippen molar-refractivity contribution in [1.82, 2.24) is 10.6 Å². The SMILES string of the molecule is CCOCCCNC(=O)NCc1ccc2c(c1)CCN2C(=O)c1ccccc1. The normalized spacial score (nSPS) is 12.5. The van der Waals surface area contributed by atoms with Gasteiger partial charge in [0.15, 0.2) is 0 Å². The van der Waals surface area contributed by atoms with Gasteiger partial charge in [-0.3, -0.25) is 4.79 Å². The number of hydrogen-bond donors (Lipinski definition) is 2. The van der Waals surface area contributed by atoms with E-state index >= 15 is 0 Å². The number of nitrogens with zero attached hydrogens (tertiary/aromatic N) is 1. The second kappa shape index (κ2) is 9.90.